The van der Waals surface area contributed by atoms with Gasteiger partial charge in [-0.2, -0.15) is 0 Å². The summed E-state index contributed by atoms with van der Waals surface area (Å²) < 4.78 is 13.7. The molecule has 0 radical (unpaired) electrons. The lowest BCUT2D eigenvalue weighted by Crippen LogP contribution is -2.04. The van der Waals surface area contributed by atoms with E-state index >= 15 is 0 Å². The Morgan fingerprint density at radius 2 is 1.83 bits per heavy atom. The van der Waals surface area contributed by atoms with Crippen molar-refractivity contribution >= 4 is 11.6 Å². The summed E-state index contributed by atoms with van der Waals surface area (Å²) in [7, 11) is 0. The van der Waals surface area contributed by atoms with Crippen molar-refractivity contribution in [3.05, 3.63) is 70.0 Å². The van der Waals surface area contributed by atoms with Gasteiger partial charge in [-0.3, -0.25) is 0 Å². The van der Waals surface area contributed by atoms with Crippen LogP contribution in [-0.2, 0) is 6.42 Å². The molecule has 94 valence electrons. The van der Waals surface area contributed by atoms with Crippen LogP contribution in [0.25, 0.3) is 0 Å². The van der Waals surface area contributed by atoms with Crippen LogP contribution in [0.4, 0.5) is 4.39 Å². The van der Waals surface area contributed by atoms with Crippen LogP contribution in [0.15, 0.2) is 42.5 Å². The van der Waals surface area contributed by atoms with E-state index in [1.165, 1.54) is 6.07 Å². The molecule has 3 heteroatoms. The molecule has 18 heavy (non-hydrogen) atoms. The highest BCUT2D eigenvalue weighted by atomic mass is 35.5. The lowest BCUT2D eigenvalue weighted by molar-refractivity contribution is 0.173. The Morgan fingerprint density at radius 1 is 1.17 bits per heavy atom. The maximum absolute atomic E-state index is 13.7. The Kier molecular flexibility index (Phi) is 4.00. The largest absolute Gasteiger partial charge is 0.388 e. The summed E-state index contributed by atoms with van der Waals surface area (Å²) in [6.45, 7) is 2.00. The molecule has 0 aromatic heterocycles. The Bertz CT molecular complexity index is 537. The van der Waals surface area contributed by atoms with Gasteiger partial charge in [-0.05, 0) is 18.6 Å². The topological polar surface area (TPSA) is 20.2 Å². The zero-order valence-electron chi connectivity index (χ0n) is 10.0. The molecule has 0 amide bonds. The Balaban J connectivity index is 2.19. The van der Waals surface area contributed by atoms with E-state index < -0.39 is 11.9 Å². The summed E-state index contributed by atoms with van der Waals surface area (Å²) in [6.07, 6.45) is -0.510. The molecule has 2 aromatic carbocycles. The van der Waals surface area contributed by atoms with E-state index in [0.717, 1.165) is 11.1 Å². The van der Waals surface area contributed by atoms with E-state index in [9.17, 15) is 9.50 Å². The summed E-state index contributed by atoms with van der Waals surface area (Å²) in [5.74, 6) is -0.543. The summed E-state index contributed by atoms with van der Waals surface area (Å²) in [4.78, 5) is 0. The fourth-order valence-corrected chi connectivity index (χ4v) is 2.02. The predicted octanol–water partition coefficient (Wildman–Crippen LogP) is 4.06. The molecule has 0 saturated heterocycles. The van der Waals surface area contributed by atoms with E-state index in [0.29, 0.717) is 6.42 Å². The molecule has 1 N–H and O–H groups in total. The van der Waals surface area contributed by atoms with Crippen molar-refractivity contribution in [3.63, 3.8) is 0 Å². The SMILES string of the molecule is Cc1ccc(CC(O)c2cccc(Cl)c2F)cc1. The maximum Gasteiger partial charge on any atom is 0.147 e. The predicted molar refractivity (Wildman–Crippen MR) is 71.3 cm³/mol. The minimum Gasteiger partial charge on any atom is -0.388 e. The van der Waals surface area contributed by atoms with Crippen molar-refractivity contribution in [2.45, 2.75) is 19.4 Å². The Hall–Kier alpha value is -1.38. The normalized spacial score (nSPS) is 12.4. The molecule has 0 saturated carbocycles. The molecule has 0 aliphatic carbocycles. The summed E-state index contributed by atoms with van der Waals surface area (Å²) in [6, 6.07) is 12.5. The second-order valence-electron chi connectivity index (χ2n) is 4.35. The van der Waals surface area contributed by atoms with Crippen LogP contribution < -0.4 is 0 Å². The highest BCUT2D eigenvalue weighted by molar-refractivity contribution is 6.30. The number of halogens is 2. The van der Waals surface area contributed by atoms with E-state index in [1.807, 2.05) is 31.2 Å². The van der Waals surface area contributed by atoms with Crippen molar-refractivity contribution in [2.75, 3.05) is 0 Å². The third kappa shape index (κ3) is 2.89. The van der Waals surface area contributed by atoms with Crippen LogP contribution in [0.2, 0.25) is 5.02 Å². The molecule has 1 unspecified atom stereocenters. The molecule has 0 aliphatic heterocycles. The fraction of sp³-hybridized carbons (Fsp3) is 0.200. The summed E-state index contributed by atoms with van der Waals surface area (Å²) in [5, 5.41) is 10.1. The van der Waals surface area contributed by atoms with Crippen LogP contribution in [0.1, 0.15) is 22.8 Å². The molecule has 0 fully saturated rings. The number of hydrogen-bond acceptors (Lipinski definition) is 1. The molecule has 2 rings (SSSR count). The van der Waals surface area contributed by atoms with Gasteiger partial charge in [-0.25, -0.2) is 4.39 Å². The van der Waals surface area contributed by atoms with E-state index in [-0.39, 0.29) is 10.6 Å². The van der Waals surface area contributed by atoms with Gasteiger partial charge in [0.2, 0.25) is 0 Å². The van der Waals surface area contributed by atoms with Crippen LogP contribution in [-0.4, -0.2) is 5.11 Å². The van der Waals surface area contributed by atoms with Crippen molar-refractivity contribution in [3.8, 4) is 0 Å². The van der Waals surface area contributed by atoms with Gasteiger partial charge < -0.3 is 5.11 Å². The fourth-order valence-electron chi connectivity index (χ4n) is 1.84. The van der Waals surface area contributed by atoms with E-state index in [1.54, 1.807) is 12.1 Å². The van der Waals surface area contributed by atoms with Gasteiger partial charge in [0.15, 0.2) is 0 Å². The number of aliphatic hydroxyl groups is 1. The van der Waals surface area contributed by atoms with Crippen LogP contribution in [0.5, 0.6) is 0 Å². The number of aryl methyl sites for hydroxylation is 1. The van der Waals surface area contributed by atoms with Crippen LogP contribution >= 0.6 is 11.6 Å². The van der Waals surface area contributed by atoms with Crippen molar-refractivity contribution < 1.29 is 9.50 Å². The number of hydrogen-bond donors (Lipinski definition) is 1. The molecular formula is C15H14ClFO. The van der Waals surface area contributed by atoms with Gasteiger partial charge in [-0.1, -0.05) is 53.6 Å². The highest BCUT2D eigenvalue weighted by Crippen LogP contribution is 2.25. The van der Waals surface area contributed by atoms with Gasteiger partial charge in [0.25, 0.3) is 0 Å². The van der Waals surface area contributed by atoms with Crippen LogP contribution in [0.3, 0.4) is 0 Å². The maximum atomic E-state index is 13.7. The minimum absolute atomic E-state index is 0.0375. The smallest absolute Gasteiger partial charge is 0.147 e. The first kappa shape index (κ1) is 13.1. The molecular weight excluding hydrogens is 251 g/mol. The Labute approximate surface area is 111 Å². The molecule has 0 heterocycles. The van der Waals surface area contributed by atoms with E-state index in [4.69, 9.17) is 11.6 Å². The van der Waals surface area contributed by atoms with Crippen molar-refractivity contribution in [1.29, 1.82) is 0 Å². The molecule has 0 bridgehead atoms. The molecule has 0 spiro atoms. The summed E-state index contributed by atoms with van der Waals surface area (Å²) in [5.41, 5.74) is 2.36. The van der Waals surface area contributed by atoms with Crippen molar-refractivity contribution in [1.82, 2.24) is 0 Å². The highest BCUT2D eigenvalue weighted by Gasteiger charge is 2.15. The second kappa shape index (κ2) is 5.51. The van der Waals surface area contributed by atoms with Gasteiger partial charge in [0.05, 0.1) is 11.1 Å². The lowest BCUT2D eigenvalue weighted by atomic mass is 10.0. The zero-order valence-corrected chi connectivity index (χ0v) is 10.8. The van der Waals surface area contributed by atoms with Gasteiger partial charge in [0, 0.05) is 12.0 Å². The number of aliphatic hydroxyl groups excluding tert-OH is 1. The summed E-state index contributed by atoms with van der Waals surface area (Å²) >= 11 is 5.70. The average Bonchev–Trinajstić information content (AvgIpc) is 2.35. The first-order valence-corrected chi connectivity index (χ1v) is 6.13. The second-order valence-corrected chi connectivity index (χ2v) is 4.76. The zero-order chi connectivity index (χ0) is 13.1. The minimum atomic E-state index is -0.883. The molecule has 0 aliphatic rings. The molecule has 2 aromatic rings. The Morgan fingerprint density at radius 3 is 2.50 bits per heavy atom. The number of rotatable bonds is 3. The van der Waals surface area contributed by atoms with Crippen molar-refractivity contribution in [2.24, 2.45) is 0 Å². The molecule has 1 atom stereocenters. The van der Waals surface area contributed by atoms with Crippen LogP contribution in [0, 0.1) is 12.7 Å². The third-order valence-corrected chi connectivity index (χ3v) is 3.18. The van der Waals surface area contributed by atoms with Gasteiger partial charge >= 0.3 is 0 Å². The van der Waals surface area contributed by atoms with Gasteiger partial charge in [0.1, 0.15) is 5.82 Å². The van der Waals surface area contributed by atoms with Gasteiger partial charge in [-0.15, -0.1) is 0 Å². The first-order valence-electron chi connectivity index (χ1n) is 5.75. The average molecular weight is 265 g/mol. The van der Waals surface area contributed by atoms with E-state index in [2.05, 4.69) is 0 Å². The third-order valence-electron chi connectivity index (χ3n) is 2.89. The first-order chi connectivity index (χ1) is 8.58. The number of benzene rings is 2. The molecule has 1 nitrogen and oxygen atoms in total. The quantitative estimate of drug-likeness (QED) is 0.886. The lowest BCUT2D eigenvalue weighted by Gasteiger charge is -2.12. The standard InChI is InChI=1S/C15H14ClFO/c1-10-5-7-11(8-6-10)9-14(18)12-3-2-4-13(16)15(12)17/h2-8,14,18H,9H2,1H3. The monoisotopic (exact) mass is 264 g/mol.